The van der Waals surface area contributed by atoms with Crippen molar-refractivity contribution in [2.45, 2.75) is 24.7 Å². The Morgan fingerprint density at radius 3 is 2.48 bits per heavy atom. The Morgan fingerprint density at radius 1 is 1.36 bits per heavy atom. The minimum Gasteiger partial charge on any atom is -0.483 e. The summed E-state index contributed by atoms with van der Waals surface area (Å²) in [6.45, 7) is 1.48. The van der Waals surface area contributed by atoms with Crippen molar-refractivity contribution in [2.75, 3.05) is 19.7 Å². The van der Waals surface area contributed by atoms with E-state index in [1.165, 1.54) is 16.4 Å². The molecule has 0 unspecified atom stereocenters. The molecule has 1 amide bonds. The monoisotopic (exact) mass is 390 g/mol. The molecule has 1 aliphatic heterocycles. The van der Waals surface area contributed by atoms with Crippen molar-refractivity contribution in [2.24, 2.45) is 11.7 Å². The van der Waals surface area contributed by atoms with E-state index in [-0.39, 0.29) is 48.2 Å². The highest BCUT2D eigenvalue weighted by Crippen LogP contribution is 2.33. The van der Waals surface area contributed by atoms with Gasteiger partial charge in [0, 0.05) is 19.2 Å². The van der Waals surface area contributed by atoms with E-state index in [9.17, 15) is 18.0 Å². The van der Waals surface area contributed by atoms with Crippen LogP contribution < -0.4 is 10.5 Å². The number of hydrogen-bond donors (Lipinski definition) is 2. The normalized spacial score (nSPS) is 16.6. The van der Waals surface area contributed by atoms with Crippen LogP contribution in [0.25, 0.3) is 0 Å². The van der Waals surface area contributed by atoms with Gasteiger partial charge in [-0.2, -0.15) is 4.31 Å². The minimum atomic E-state index is -3.91. The molecule has 0 radical (unpaired) electrons. The van der Waals surface area contributed by atoms with Gasteiger partial charge in [0.2, 0.25) is 10.0 Å². The molecule has 1 aromatic rings. The summed E-state index contributed by atoms with van der Waals surface area (Å²) >= 11 is 6.10. The molecule has 0 bridgehead atoms. The largest absolute Gasteiger partial charge is 0.483 e. The Labute approximate surface area is 150 Å². The number of aliphatic carboxylic acids is 1. The van der Waals surface area contributed by atoms with Crippen molar-refractivity contribution >= 4 is 33.5 Å². The second-order valence-electron chi connectivity index (χ2n) is 5.82. The molecule has 0 spiro atoms. The number of halogens is 1. The summed E-state index contributed by atoms with van der Waals surface area (Å²) < 4.78 is 32.1. The van der Waals surface area contributed by atoms with Gasteiger partial charge >= 0.3 is 5.97 Å². The van der Waals surface area contributed by atoms with Crippen LogP contribution in [0.5, 0.6) is 5.75 Å². The number of carboxylic acids is 1. The number of nitrogens with zero attached hydrogens (tertiary/aromatic N) is 1. The number of carboxylic acid groups (broad SMARTS) is 1. The highest BCUT2D eigenvalue weighted by atomic mass is 35.5. The van der Waals surface area contributed by atoms with Crippen molar-refractivity contribution in [3.05, 3.63) is 22.7 Å². The maximum atomic E-state index is 12.8. The third-order valence-corrected chi connectivity index (χ3v) is 6.38. The van der Waals surface area contributed by atoms with E-state index < -0.39 is 27.8 Å². The number of primary amides is 1. The number of amides is 1. The van der Waals surface area contributed by atoms with Crippen LogP contribution >= 0.6 is 11.6 Å². The number of piperidine rings is 1. The van der Waals surface area contributed by atoms with Crippen molar-refractivity contribution in [3.63, 3.8) is 0 Å². The third kappa shape index (κ3) is 4.42. The summed E-state index contributed by atoms with van der Waals surface area (Å²) in [6, 6.07) is 2.70. The summed E-state index contributed by atoms with van der Waals surface area (Å²) in [4.78, 5) is 21.7. The molecule has 0 aliphatic carbocycles. The highest BCUT2D eigenvalue weighted by Gasteiger charge is 2.33. The first-order valence-corrected chi connectivity index (χ1v) is 9.39. The van der Waals surface area contributed by atoms with Gasteiger partial charge in [-0.05, 0) is 31.4 Å². The van der Waals surface area contributed by atoms with Crippen molar-refractivity contribution in [3.8, 4) is 5.75 Å². The lowest BCUT2D eigenvalue weighted by Crippen LogP contribution is -2.40. The molecule has 1 aromatic carbocycles. The second kappa shape index (κ2) is 7.59. The van der Waals surface area contributed by atoms with Crippen molar-refractivity contribution in [1.29, 1.82) is 0 Å². The van der Waals surface area contributed by atoms with Crippen LogP contribution in [0.4, 0.5) is 0 Å². The Morgan fingerprint density at radius 2 is 1.96 bits per heavy atom. The topological polar surface area (TPSA) is 127 Å². The van der Waals surface area contributed by atoms with E-state index in [0.717, 1.165) is 0 Å². The minimum absolute atomic E-state index is 0.0317. The van der Waals surface area contributed by atoms with Gasteiger partial charge in [0.15, 0.2) is 6.61 Å². The number of aryl methyl sites for hydroxylation is 1. The zero-order chi connectivity index (χ0) is 18.8. The molecular weight excluding hydrogens is 372 g/mol. The lowest BCUT2D eigenvalue weighted by atomic mass is 9.99. The summed E-state index contributed by atoms with van der Waals surface area (Å²) in [5, 5.41) is 9.05. The van der Waals surface area contributed by atoms with E-state index in [1.807, 2.05) is 0 Å². The van der Waals surface area contributed by atoms with Crippen LogP contribution in [0.2, 0.25) is 5.02 Å². The predicted molar refractivity (Wildman–Crippen MR) is 90.0 cm³/mol. The maximum absolute atomic E-state index is 12.8. The molecule has 1 heterocycles. The van der Waals surface area contributed by atoms with Crippen LogP contribution in [0.15, 0.2) is 17.0 Å². The average molecular weight is 391 g/mol. The van der Waals surface area contributed by atoms with Crippen molar-refractivity contribution < 1.29 is 27.9 Å². The molecule has 1 aliphatic rings. The van der Waals surface area contributed by atoms with Crippen LogP contribution in [-0.2, 0) is 19.6 Å². The van der Waals surface area contributed by atoms with Gasteiger partial charge in [0.25, 0.3) is 5.91 Å². The first kappa shape index (κ1) is 19.5. The lowest BCUT2D eigenvalue weighted by Gasteiger charge is -2.29. The average Bonchev–Trinajstić information content (AvgIpc) is 2.53. The van der Waals surface area contributed by atoms with Crippen LogP contribution in [-0.4, -0.2) is 49.4 Å². The Hall–Kier alpha value is -1.84. The third-order valence-electron chi connectivity index (χ3n) is 4.02. The molecule has 0 saturated carbocycles. The fourth-order valence-corrected chi connectivity index (χ4v) is 4.66. The number of benzene rings is 1. The molecule has 3 N–H and O–H groups in total. The Balaban J connectivity index is 2.28. The SMILES string of the molecule is Cc1cc(Cl)c(S(=O)(=O)N2CCC(C(=O)O)CC2)cc1OCC(N)=O. The second-order valence-corrected chi connectivity index (χ2v) is 8.13. The molecule has 1 fully saturated rings. The Kier molecular flexibility index (Phi) is 5.91. The summed E-state index contributed by atoms with van der Waals surface area (Å²) in [6.07, 6.45) is 0.478. The summed E-state index contributed by atoms with van der Waals surface area (Å²) in [5.41, 5.74) is 5.60. The molecule has 138 valence electrons. The van der Waals surface area contributed by atoms with Crippen LogP contribution in [0.1, 0.15) is 18.4 Å². The van der Waals surface area contributed by atoms with E-state index in [4.69, 9.17) is 27.2 Å². The first-order valence-electron chi connectivity index (χ1n) is 7.57. The Bertz CT molecular complexity index is 787. The molecule has 25 heavy (non-hydrogen) atoms. The predicted octanol–water partition coefficient (Wildman–Crippen LogP) is 0.998. The number of carbonyl (C=O) groups is 2. The van der Waals surface area contributed by atoms with E-state index >= 15 is 0 Å². The smallest absolute Gasteiger partial charge is 0.306 e. The summed E-state index contributed by atoms with van der Waals surface area (Å²) in [5.74, 6) is -1.96. The zero-order valence-electron chi connectivity index (χ0n) is 13.6. The highest BCUT2D eigenvalue weighted by molar-refractivity contribution is 7.89. The maximum Gasteiger partial charge on any atom is 0.306 e. The fourth-order valence-electron chi connectivity index (χ4n) is 2.62. The number of ether oxygens (including phenoxy) is 1. The van der Waals surface area contributed by atoms with E-state index in [0.29, 0.717) is 5.56 Å². The van der Waals surface area contributed by atoms with Gasteiger partial charge in [0.1, 0.15) is 10.6 Å². The number of carbonyl (C=O) groups excluding carboxylic acids is 1. The van der Waals surface area contributed by atoms with Crippen molar-refractivity contribution in [1.82, 2.24) is 4.31 Å². The molecule has 8 nitrogen and oxygen atoms in total. The molecule has 2 rings (SSSR count). The molecular formula is C15H19ClN2O6S. The van der Waals surface area contributed by atoms with E-state index in [2.05, 4.69) is 0 Å². The quantitative estimate of drug-likeness (QED) is 0.745. The molecule has 10 heteroatoms. The van der Waals surface area contributed by atoms with Crippen LogP contribution in [0, 0.1) is 12.8 Å². The number of hydrogen-bond acceptors (Lipinski definition) is 5. The summed E-state index contributed by atoms with van der Waals surface area (Å²) in [7, 11) is -3.91. The van der Waals surface area contributed by atoms with Crippen LogP contribution in [0.3, 0.4) is 0 Å². The van der Waals surface area contributed by atoms with E-state index in [1.54, 1.807) is 6.92 Å². The number of sulfonamides is 1. The zero-order valence-corrected chi connectivity index (χ0v) is 15.1. The van der Waals surface area contributed by atoms with Gasteiger partial charge in [-0.25, -0.2) is 8.42 Å². The van der Waals surface area contributed by atoms with Gasteiger partial charge in [0.05, 0.1) is 10.9 Å². The lowest BCUT2D eigenvalue weighted by molar-refractivity contribution is -0.143. The van der Waals surface area contributed by atoms with Gasteiger partial charge in [-0.3, -0.25) is 9.59 Å². The number of nitrogens with two attached hydrogens (primary N) is 1. The first-order chi connectivity index (χ1) is 11.6. The van der Waals surface area contributed by atoms with Gasteiger partial charge in [-0.1, -0.05) is 11.6 Å². The van der Waals surface area contributed by atoms with Gasteiger partial charge in [-0.15, -0.1) is 0 Å². The number of rotatable bonds is 6. The standard InChI is InChI=1S/C15H19ClN2O6S/c1-9-6-11(16)13(7-12(9)24-8-14(17)19)25(22,23)18-4-2-10(3-5-18)15(20)21/h6-7,10H,2-5,8H2,1H3,(H2,17,19)(H,20,21). The molecule has 0 atom stereocenters. The molecule has 0 aromatic heterocycles. The van der Waals surface area contributed by atoms with Gasteiger partial charge < -0.3 is 15.6 Å². The molecule has 1 saturated heterocycles. The fraction of sp³-hybridized carbons (Fsp3) is 0.467.